The van der Waals surface area contributed by atoms with Crippen molar-refractivity contribution in [2.45, 2.75) is 39.2 Å². The van der Waals surface area contributed by atoms with Crippen LogP contribution in [0.25, 0.3) is 27.7 Å². The minimum atomic E-state index is -0.157. The zero-order chi connectivity index (χ0) is 32.8. The van der Waals surface area contributed by atoms with E-state index < -0.39 is 0 Å². The minimum absolute atomic E-state index is 0.157. The van der Waals surface area contributed by atoms with Crippen LogP contribution in [0.2, 0.25) is 0 Å². The highest BCUT2D eigenvalue weighted by Gasteiger charge is 2.18. The van der Waals surface area contributed by atoms with Crippen molar-refractivity contribution in [3.05, 3.63) is 84.2 Å². The Hall–Kier alpha value is -4.87. The van der Waals surface area contributed by atoms with Crippen molar-refractivity contribution in [2.75, 3.05) is 56.3 Å². The number of anilines is 3. The zero-order valence-electron chi connectivity index (χ0n) is 27.5. The van der Waals surface area contributed by atoms with E-state index in [4.69, 9.17) is 19.7 Å². The van der Waals surface area contributed by atoms with Crippen molar-refractivity contribution < 1.29 is 9.53 Å². The molecular weight excluding hydrogens is 590 g/mol. The molecule has 0 radical (unpaired) electrons. The van der Waals surface area contributed by atoms with Crippen LogP contribution in [0, 0.1) is 5.92 Å². The number of fused-ring (bicyclic) bond motifs is 2. The van der Waals surface area contributed by atoms with Crippen molar-refractivity contribution in [3.63, 3.8) is 0 Å². The Bertz CT molecular complexity index is 1880. The lowest BCUT2D eigenvalue weighted by Crippen LogP contribution is -2.23. The summed E-state index contributed by atoms with van der Waals surface area (Å²) in [6.45, 7) is 7.91. The summed E-state index contributed by atoms with van der Waals surface area (Å²) in [6.07, 6.45) is 9.17. The average Bonchev–Trinajstić information content (AvgIpc) is 3.51. The maximum atomic E-state index is 12.4. The van der Waals surface area contributed by atoms with Gasteiger partial charge in [0.25, 0.3) is 0 Å². The molecule has 1 aliphatic heterocycles. The number of carbonyl (C=O) groups excluding carboxylic acids is 1. The van der Waals surface area contributed by atoms with Crippen LogP contribution in [0.4, 0.5) is 17.6 Å². The summed E-state index contributed by atoms with van der Waals surface area (Å²) in [4.78, 5) is 29.0. The van der Waals surface area contributed by atoms with Crippen LogP contribution < -0.4 is 16.0 Å². The standard InChI is InChI=1S/C36H43N9O2/c1-24(2)31-23-40-45-34(31)42-35(38-21-25-14-18-47-19-15-25)43-36(45)39-22-27-8-5-6-9-29(27)33-30-12-11-28(20-26(30)13-16-37-33)41-32(46)10-7-17-44(3)4/h5-13,16,20,23-25H,14-15,17-19,21-22H2,1-4H3,(H,41,46)(H2,38,39,42,43)/b10-7+. The van der Waals surface area contributed by atoms with Crippen LogP contribution in [0.3, 0.4) is 0 Å². The molecule has 11 heteroatoms. The van der Waals surface area contributed by atoms with E-state index in [1.54, 1.807) is 10.6 Å². The largest absolute Gasteiger partial charge is 0.381 e. The number of likely N-dealkylation sites (N-methyl/N-ethyl adjacent to an activating group) is 1. The van der Waals surface area contributed by atoms with Gasteiger partial charge in [-0.05, 0) is 67.9 Å². The Labute approximate surface area is 275 Å². The second-order valence-electron chi connectivity index (χ2n) is 12.6. The quantitative estimate of drug-likeness (QED) is 0.143. The van der Waals surface area contributed by atoms with Gasteiger partial charge in [-0.25, -0.2) is 0 Å². The zero-order valence-corrected chi connectivity index (χ0v) is 27.5. The van der Waals surface area contributed by atoms with E-state index in [0.717, 1.165) is 77.1 Å². The van der Waals surface area contributed by atoms with Gasteiger partial charge < -0.3 is 25.6 Å². The number of ether oxygens (including phenoxy) is 1. The molecular formula is C36H43N9O2. The third-order valence-corrected chi connectivity index (χ3v) is 8.39. The summed E-state index contributed by atoms with van der Waals surface area (Å²) in [5, 5.41) is 16.6. The molecule has 1 aliphatic rings. The highest BCUT2D eigenvalue weighted by Crippen LogP contribution is 2.31. The molecule has 5 aromatic rings. The summed E-state index contributed by atoms with van der Waals surface area (Å²) >= 11 is 0. The molecule has 2 aromatic carbocycles. The van der Waals surface area contributed by atoms with Gasteiger partial charge in [0, 0.05) is 67.3 Å². The predicted molar refractivity (Wildman–Crippen MR) is 188 cm³/mol. The summed E-state index contributed by atoms with van der Waals surface area (Å²) in [5.74, 6) is 1.86. The predicted octanol–water partition coefficient (Wildman–Crippen LogP) is 5.97. The number of aromatic nitrogens is 5. The first-order valence-electron chi connectivity index (χ1n) is 16.3. The van der Waals surface area contributed by atoms with Crippen LogP contribution in [-0.2, 0) is 16.1 Å². The van der Waals surface area contributed by atoms with Crippen LogP contribution >= 0.6 is 0 Å². The van der Waals surface area contributed by atoms with Gasteiger partial charge in [-0.1, -0.05) is 50.3 Å². The Kier molecular flexibility index (Phi) is 10.0. The monoisotopic (exact) mass is 633 g/mol. The molecule has 3 N–H and O–H groups in total. The topological polar surface area (TPSA) is 122 Å². The first kappa shape index (κ1) is 32.1. The molecule has 0 atom stereocenters. The average molecular weight is 634 g/mol. The highest BCUT2D eigenvalue weighted by atomic mass is 16.5. The summed E-state index contributed by atoms with van der Waals surface area (Å²) < 4.78 is 7.32. The second kappa shape index (κ2) is 14.7. The summed E-state index contributed by atoms with van der Waals surface area (Å²) in [6, 6.07) is 16.1. The third-order valence-electron chi connectivity index (χ3n) is 8.39. The second-order valence-corrected chi connectivity index (χ2v) is 12.6. The van der Waals surface area contributed by atoms with E-state index in [-0.39, 0.29) is 11.8 Å². The normalized spacial score (nSPS) is 14.1. The smallest absolute Gasteiger partial charge is 0.248 e. The number of hydrogen-bond donors (Lipinski definition) is 3. The fourth-order valence-corrected chi connectivity index (χ4v) is 5.79. The van der Waals surface area contributed by atoms with Crippen molar-refractivity contribution in [3.8, 4) is 11.3 Å². The molecule has 0 spiro atoms. The Balaban J connectivity index is 1.25. The SMILES string of the molecule is CC(C)c1cnn2c(NCc3ccccc3-c3nccc4cc(NC(=O)/C=C/CN(C)C)ccc34)nc(NCC3CCOCC3)nc12. The number of nitrogens with one attached hydrogen (secondary N) is 3. The van der Waals surface area contributed by atoms with Crippen LogP contribution in [0.1, 0.15) is 43.7 Å². The highest BCUT2D eigenvalue weighted by molar-refractivity contribution is 6.02. The number of benzene rings is 2. The molecule has 4 heterocycles. The lowest BCUT2D eigenvalue weighted by molar-refractivity contribution is -0.111. The van der Waals surface area contributed by atoms with Gasteiger partial charge in [0.15, 0.2) is 5.65 Å². The molecule has 0 bridgehead atoms. The number of carbonyl (C=O) groups is 1. The molecule has 0 aliphatic carbocycles. The van der Waals surface area contributed by atoms with Crippen LogP contribution in [0.5, 0.6) is 0 Å². The van der Waals surface area contributed by atoms with Gasteiger partial charge in [-0.15, -0.1) is 0 Å². The maximum Gasteiger partial charge on any atom is 0.248 e. The van der Waals surface area contributed by atoms with E-state index in [2.05, 4.69) is 47.0 Å². The molecule has 0 unspecified atom stereocenters. The van der Waals surface area contributed by atoms with E-state index in [0.29, 0.717) is 30.9 Å². The fraction of sp³-hybridized carbons (Fsp3) is 0.361. The molecule has 244 valence electrons. The lowest BCUT2D eigenvalue weighted by atomic mass is 9.99. The number of hydrogen-bond acceptors (Lipinski definition) is 9. The van der Waals surface area contributed by atoms with Crippen molar-refractivity contribution in [1.29, 1.82) is 0 Å². The maximum absolute atomic E-state index is 12.4. The van der Waals surface area contributed by atoms with Crippen molar-refractivity contribution >= 4 is 39.9 Å². The van der Waals surface area contributed by atoms with Crippen molar-refractivity contribution in [2.24, 2.45) is 5.92 Å². The van der Waals surface area contributed by atoms with Crippen LogP contribution in [-0.4, -0.2) is 75.8 Å². The van der Waals surface area contributed by atoms with Gasteiger partial charge in [-0.3, -0.25) is 9.78 Å². The van der Waals surface area contributed by atoms with Gasteiger partial charge in [0.1, 0.15) is 0 Å². The van der Waals surface area contributed by atoms with E-state index in [9.17, 15) is 4.79 Å². The molecule has 1 fully saturated rings. The molecule has 3 aromatic heterocycles. The molecule has 11 nitrogen and oxygen atoms in total. The molecule has 0 saturated carbocycles. The van der Waals surface area contributed by atoms with Gasteiger partial charge in [-0.2, -0.15) is 19.6 Å². The molecule has 6 rings (SSSR count). The van der Waals surface area contributed by atoms with Gasteiger partial charge in [0.2, 0.25) is 17.8 Å². The summed E-state index contributed by atoms with van der Waals surface area (Å²) in [7, 11) is 3.93. The minimum Gasteiger partial charge on any atom is -0.381 e. The summed E-state index contributed by atoms with van der Waals surface area (Å²) in [5.41, 5.74) is 5.56. The van der Waals surface area contributed by atoms with Crippen molar-refractivity contribution in [1.82, 2.24) is 29.5 Å². The van der Waals surface area contributed by atoms with E-state index in [1.807, 2.05) is 73.9 Å². The lowest BCUT2D eigenvalue weighted by Gasteiger charge is -2.22. The number of amides is 1. The third kappa shape index (κ3) is 7.75. The number of pyridine rings is 1. The van der Waals surface area contributed by atoms with Gasteiger partial charge in [0.05, 0.1) is 11.9 Å². The van der Waals surface area contributed by atoms with Gasteiger partial charge >= 0.3 is 0 Å². The molecule has 1 saturated heterocycles. The molecule has 47 heavy (non-hydrogen) atoms. The number of nitrogens with zero attached hydrogens (tertiary/aromatic N) is 6. The Morgan fingerprint density at radius 2 is 1.91 bits per heavy atom. The first-order chi connectivity index (χ1) is 22.9. The Morgan fingerprint density at radius 1 is 1.09 bits per heavy atom. The number of rotatable bonds is 12. The van der Waals surface area contributed by atoms with E-state index >= 15 is 0 Å². The molecule has 1 amide bonds. The first-order valence-corrected chi connectivity index (χ1v) is 16.3. The fourth-order valence-electron chi connectivity index (χ4n) is 5.79. The Morgan fingerprint density at radius 3 is 2.72 bits per heavy atom. The van der Waals surface area contributed by atoms with Crippen LogP contribution in [0.15, 0.2) is 73.1 Å². The van der Waals surface area contributed by atoms with E-state index in [1.165, 1.54) is 0 Å².